The molecule has 72 valence electrons. The topological polar surface area (TPSA) is 0 Å². The molecule has 0 heterocycles. The minimum absolute atomic E-state index is 0. The van der Waals surface area contributed by atoms with E-state index in [0.717, 1.165) is 6.07 Å². The van der Waals surface area contributed by atoms with Gasteiger partial charge < -0.3 is 12.9 Å². The molecule has 0 aromatic heterocycles. The van der Waals surface area contributed by atoms with E-state index in [1.165, 1.54) is 6.92 Å². The smallest absolute Gasteiger partial charge is 0.445 e. The predicted octanol–water partition coefficient (Wildman–Crippen LogP) is -0.154. The molecule has 0 fully saturated rings. The summed E-state index contributed by atoms with van der Waals surface area (Å²) in [5, 5.41) is -0.549. The molecule has 0 saturated carbocycles. The first-order valence-electron chi connectivity index (χ1n) is 3.48. The van der Waals surface area contributed by atoms with Gasteiger partial charge in [-0.15, -0.1) is 0 Å². The van der Waals surface area contributed by atoms with Crippen molar-refractivity contribution in [3.05, 3.63) is 28.5 Å². The molecule has 0 radical (unpaired) electrons. The molecule has 1 aromatic rings. The zero-order valence-electron chi connectivity index (χ0n) is 7.62. The summed E-state index contributed by atoms with van der Waals surface area (Å²) in [6.07, 6.45) is 0. The van der Waals surface area contributed by atoms with Gasteiger partial charge in [-0.2, -0.15) is 0 Å². The van der Waals surface area contributed by atoms with E-state index in [0.29, 0.717) is 6.07 Å². The molecule has 1 rings (SSSR count). The molecule has 0 aliphatic heterocycles. The zero-order chi connectivity index (χ0) is 10.2. The van der Waals surface area contributed by atoms with Gasteiger partial charge in [0.05, 0.1) is 0 Å². The van der Waals surface area contributed by atoms with Crippen molar-refractivity contribution in [2.24, 2.45) is 0 Å². The average Bonchev–Trinajstić information content (AvgIpc) is 1.98. The van der Waals surface area contributed by atoms with Crippen molar-refractivity contribution >= 4 is 24.0 Å². The molecule has 0 spiro atoms. The van der Waals surface area contributed by atoms with E-state index in [4.69, 9.17) is 11.6 Å². The average molecular weight is 250 g/mol. The monoisotopic (exact) mass is 250 g/mol. The van der Waals surface area contributed by atoms with E-state index in [9.17, 15) is 17.3 Å². The van der Waals surface area contributed by atoms with Gasteiger partial charge in [0.15, 0.2) is 0 Å². The summed E-state index contributed by atoms with van der Waals surface area (Å²) in [5.74, 6) is -0.728. The van der Waals surface area contributed by atoms with Gasteiger partial charge in [0.25, 0.3) is 0 Å². The maximum Gasteiger partial charge on any atom is 1.00 e. The molecule has 0 unspecified atom stereocenters. The Balaban J connectivity index is 0.00000169. The Hall–Kier alpha value is 0.931. The first-order chi connectivity index (χ1) is 5.84. The van der Waals surface area contributed by atoms with Gasteiger partial charge in [0.2, 0.25) is 0 Å². The second kappa shape index (κ2) is 5.32. The van der Waals surface area contributed by atoms with Gasteiger partial charge >= 0.3 is 58.4 Å². The molecule has 14 heavy (non-hydrogen) atoms. The minimum Gasteiger partial charge on any atom is -0.445 e. The molecule has 0 N–H and O–H groups in total. The molecule has 1 aromatic carbocycles. The van der Waals surface area contributed by atoms with Crippen LogP contribution in [0.5, 0.6) is 0 Å². The van der Waals surface area contributed by atoms with Crippen LogP contribution in [0.25, 0.3) is 0 Å². The van der Waals surface area contributed by atoms with Gasteiger partial charge in [-0.3, -0.25) is 0 Å². The molecular formula is C7H5BClF4K. The van der Waals surface area contributed by atoms with E-state index in [-0.39, 0.29) is 56.9 Å². The fourth-order valence-electron chi connectivity index (χ4n) is 0.935. The first-order valence-corrected chi connectivity index (χ1v) is 3.86. The van der Waals surface area contributed by atoms with E-state index >= 15 is 0 Å². The molecule has 7 heteroatoms. The summed E-state index contributed by atoms with van der Waals surface area (Å²) in [6, 6.07) is 1.43. The molecule has 0 aliphatic carbocycles. The third-order valence-corrected chi connectivity index (χ3v) is 2.20. The number of rotatable bonds is 1. The minimum atomic E-state index is -5.16. The first kappa shape index (κ1) is 14.9. The SMILES string of the molecule is Cc1c(F)ccc([B-](F)(F)F)c1Cl.[K+]. The number of benzene rings is 1. The predicted molar refractivity (Wildman–Crippen MR) is 44.9 cm³/mol. The van der Waals surface area contributed by atoms with Crippen LogP contribution in [-0.2, 0) is 0 Å². The third-order valence-electron chi connectivity index (χ3n) is 1.70. The zero-order valence-corrected chi connectivity index (χ0v) is 11.5. The maximum atomic E-state index is 12.7. The van der Waals surface area contributed by atoms with Crippen LogP contribution in [0.15, 0.2) is 12.1 Å². The van der Waals surface area contributed by atoms with Crippen molar-refractivity contribution in [2.75, 3.05) is 0 Å². The summed E-state index contributed by atoms with van der Waals surface area (Å²) in [6.45, 7) is -3.95. The standard InChI is InChI=1S/C7H5BClF4.K/c1-4-6(10)3-2-5(7(4)9)8(11,12)13;/h2-3H,1H3;/q-1;+1. The molecule has 0 atom stereocenters. The maximum absolute atomic E-state index is 12.7. The van der Waals surface area contributed by atoms with Crippen molar-refractivity contribution in [1.82, 2.24) is 0 Å². The molecule has 0 saturated heterocycles. The van der Waals surface area contributed by atoms with Crippen molar-refractivity contribution in [3.8, 4) is 0 Å². The Kier molecular flexibility index (Phi) is 5.67. The molecular weight excluding hydrogens is 245 g/mol. The van der Waals surface area contributed by atoms with Crippen molar-refractivity contribution < 1.29 is 68.7 Å². The summed E-state index contributed by atoms with van der Waals surface area (Å²) in [5.41, 5.74) is -1.11. The van der Waals surface area contributed by atoms with Crippen molar-refractivity contribution in [1.29, 1.82) is 0 Å². The third kappa shape index (κ3) is 3.21. The van der Waals surface area contributed by atoms with E-state index in [2.05, 4.69) is 0 Å². The largest absolute Gasteiger partial charge is 1.00 e. The Labute approximate surface area is 126 Å². The second-order valence-corrected chi connectivity index (χ2v) is 3.03. The van der Waals surface area contributed by atoms with Crippen LogP contribution in [0.2, 0.25) is 5.02 Å². The second-order valence-electron chi connectivity index (χ2n) is 2.65. The van der Waals surface area contributed by atoms with Crippen LogP contribution in [0.1, 0.15) is 5.56 Å². The van der Waals surface area contributed by atoms with Crippen LogP contribution in [-0.4, -0.2) is 6.98 Å². The van der Waals surface area contributed by atoms with Gasteiger partial charge in [-0.25, -0.2) is 4.39 Å². The quantitative estimate of drug-likeness (QED) is 0.480. The van der Waals surface area contributed by atoms with Gasteiger partial charge in [-0.1, -0.05) is 23.1 Å². The van der Waals surface area contributed by atoms with Gasteiger partial charge in [-0.05, 0) is 13.0 Å². The van der Waals surface area contributed by atoms with E-state index in [1.54, 1.807) is 0 Å². The van der Waals surface area contributed by atoms with Gasteiger partial charge in [0, 0.05) is 10.6 Å². The Morgan fingerprint density at radius 3 is 2.14 bits per heavy atom. The Morgan fingerprint density at radius 2 is 1.71 bits per heavy atom. The fraction of sp³-hybridized carbons (Fsp3) is 0.143. The molecule has 0 nitrogen and oxygen atoms in total. The van der Waals surface area contributed by atoms with Crippen molar-refractivity contribution in [2.45, 2.75) is 6.92 Å². The van der Waals surface area contributed by atoms with Crippen LogP contribution in [0.4, 0.5) is 17.3 Å². The number of hydrogen-bond donors (Lipinski definition) is 0. The summed E-state index contributed by atoms with van der Waals surface area (Å²) in [7, 11) is 0. The summed E-state index contributed by atoms with van der Waals surface area (Å²) >= 11 is 5.34. The molecule has 0 aliphatic rings. The van der Waals surface area contributed by atoms with Crippen LogP contribution in [0.3, 0.4) is 0 Å². The summed E-state index contributed by atoms with van der Waals surface area (Å²) < 4.78 is 49.4. The normalized spacial score (nSPS) is 11.0. The van der Waals surface area contributed by atoms with Gasteiger partial charge in [0.1, 0.15) is 5.82 Å². The number of halogens is 5. The molecule has 0 amide bonds. The molecule has 0 bridgehead atoms. The Bertz CT molecular complexity index is 339. The summed E-state index contributed by atoms with van der Waals surface area (Å²) in [4.78, 5) is 0. The van der Waals surface area contributed by atoms with Crippen LogP contribution in [0, 0.1) is 12.7 Å². The number of hydrogen-bond acceptors (Lipinski definition) is 0. The van der Waals surface area contributed by atoms with Crippen LogP contribution >= 0.6 is 11.6 Å². The van der Waals surface area contributed by atoms with E-state index in [1.807, 2.05) is 0 Å². The van der Waals surface area contributed by atoms with E-state index < -0.39 is 23.3 Å². The fourth-order valence-corrected chi connectivity index (χ4v) is 1.21. The van der Waals surface area contributed by atoms with Crippen LogP contribution < -0.4 is 56.8 Å². The Morgan fingerprint density at radius 1 is 1.21 bits per heavy atom. The van der Waals surface area contributed by atoms with Crippen molar-refractivity contribution in [3.63, 3.8) is 0 Å².